The summed E-state index contributed by atoms with van der Waals surface area (Å²) in [6.07, 6.45) is 0.918. The number of carbonyl (C=O) groups excluding carboxylic acids is 2. The number of hydrogen-bond donors (Lipinski definition) is 0. The summed E-state index contributed by atoms with van der Waals surface area (Å²) in [6, 6.07) is 7.56. The van der Waals surface area contributed by atoms with Gasteiger partial charge in [0.1, 0.15) is 0 Å². The summed E-state index contributed by atoms with van der Waals surface area (Å²) in [4.78, 5) is 27.6. The zero-order valence-electron chi connectivity index (χ0n) is 13.4. The fourth-order valence-electron chi connectivity index (χ4n) is 2.53. The number of ether oxygens (including phenoxy) is 1. The van der Waals surface area contributed by atoms with Gasteiger partial charge in [0.15, 0.2) is 5.78 Å². The van der Waals surface area contributed by atoms with Crippen LogP contribution in [0, 0.1) is 0 Å². The number of Topliss-reactive ketones (excluding diaryl/α,β-unsaturated/α-hetero) is 1. The Hall–Kier alpha value is -1.88. The third-order valence-corrected chi connectivity index (χ3v) is 3.78. The van der Waals surface area contributed by atoms with Crippen molar-refractivity contribution < 1.29 is 14.3 Å². The predicted molar refractivity (Wildman–Crippen MR) is 84.9 cm³/mol. The van der Waals surface area contributed by atoms with Crippen LogP contribution in [0.1, 0.15) is 36.2 Å². The lowest BCUT2D eigenvalue weighted by atomic mass is 10.1. The maximum atomic E-state index is 12.6. The Morgan fingerprint density at radius 3 is 2.36 bits per heavy atom. The van der Waals surface area contributed by atoms with Crippen LogP contribution in [-0.4, -0.2) is 54.5 Å². The zero-order valence-corrected chi connectivity index (χ0v) is 13.4. The van der Waals surface area contributed by atoms with Gasteiger partial charge in [0.05, 0.1) is 13.2 Å². The first-order valence-electron chi connectivity index (χ1n) is 7.83. The molecule has 1 fully saturated rings. The van der Waals surface area contributed by atoms with Crippen molar-refractivity contribution in [2.24, 2.45) is 0 Å². The van der Waals surface area contributed by atoms with Crippen molar-refractivity contribution in [1.29, 1.82) is 0 Å². The average molecular weight is 304 g/mol. The first-order chi connectivity index (χ1) is 10.6. The first-order valence-corrected chi connectivity index (χ1v) is 7.83. The Morgan fingerprint density at radius 2 is 1.82 bits per heavy atom. The Balaban J connectivity index is 2.03. The molecule has 0 atom stereocenters. The molecule has 0 bridgehead atoms. The van der Waals surface area contributed by atoms with Gasteiger partial charge in [-0.2, -0.15) is 0 Å². The molecule has 1 aliphatic heterocycles. The largest absolute Gasteiger partial charge is 0.378 e. The van der Waals surface area contributed by atoms with E-state index in [1.54, 1.807) is 6.92 Å². The van der Waals surface area contributed by atoms with Gasteiger partial charge in [-0.3, -0.25) is 4.79 Å². The molecule has 0 unspecified atom stereocenters. The summed E-state index contributed by atoms with van der Waals surface area (Å²) in [5.41, 5.74) is 1.74. The molecule has 120 valence electrons. The number of urea groups is 1. The van der Waals surface area contributed by atoms with Gasteiger partial charge in [0, 0.05) is 31.7 Å². The van der Waals surface area contributed by atoms with Crippen molar-refractivity contribution in [1.82, 2.24) is 9.80 Å². The van der Waals surface area contributed by atoms with Gasteiger partial charge in [-0.1, -0.05) is 31.2 Å². The molecule has 22 heavy (non-hydrogen) atoms. The molecular weight excluding hydrogens is 280 g/mol. The molecule has 0 aromatic heterocycles. The standard InChI is InChI=1S/C17H24N2O3/c1-3-8-19(17(21)18-9-11-22-12-10-18)13-15-4-6-16(7-5-15)14(2)20/h4-7H,3,8-13H2,1-2H3. The van der Waals surface area contributed by atoms with Crippen LogP contribution in [0.5, 0.6) is 0 Å². The molecule has 5 nitrogen and oxygen atoms in total. The van der Waals surface area contributed by atoms with Crippen LogP contribution in [-0.2, 0) is 11.3 Å². The summed E-state index contributed by atoms with van der Waals surface area (Å²) in [6.45, 7) is 7.45. The Bertz CT molecular complexity index is 507. The lowest BCUT2D eigenvalue weighted by Gasteiger charge is -2.33. The smallest absolute Gasteiger partial charge is 0.320 e. The molecule has 0 aliphatic carbocycles. The number of hydrogen-bond acceptors (Lipinski definition) is 3. The van der Waals surface area contributed by atoms with Crippen molar-refractivity contribution in [2.45, 2.75) is 26.8 Å². The van der Waals surface area contributed by atoms with Gasteiger partial charge in [-0.05, 0) is 18.9 Å². The average Bonchev–Trinajstić information content (AvgIpc) is 2.55. The second kappa shape index (κ2) is 7.94. The van der Waals surface area contributed by atoms with E-state index >= 15 is 0 Å². The van der Waals surface area contributed by atoms with E-state index in [1.807, 2.05) is 34.1 Å². The van der Waals surface area contributed by atoms with E-state index < -0.39 is 0 Å². The normalized spacial score (nSPS) is 14.7. The van der Waals surface area contributed by atoms with Crippen molar-refractivity contribution in [3.05, 3.63) is 35.4 Å². The predicted octanol–water partition coefficient (Wildman–Crippen LogP) is 2.55. The summed E-state index contributed by atoms with van der Waals surface area (Å²) in [7, 11) is 0. The maximum absolute atomic E-state index is 12.6. The SMILES string of the molecule is CCCN(Cc1ccc(C(C)=O)cc1)C(=O)N1CCOCC1. The van der Waals surface area contributed by atoms with Gasteiger partial charge in [0.25, 0.3) is 0 Å². The first kappa shape index (κ1) is 16.5. The molecule has 1 saturated heterocycles. The van der Waals surface area contributed by atoms with Gasteiger partial charge < -0.3 is 14.5 Å². The van der Waals surface area contributed by atoms with Crippen LogP contribution in [0.3, 0.4) is 0 Å². The summed E-state index contributed by atoms with van der Waals surface area (Å²) < 4.78 is 5.30. The molecule has 1 aromatic rings. The van der Waals surface area contributed by atoms with Crippen LogP contribution in [0.2, 0.25) is 0 Å². The zero-order chi connectivity index (χ0) is 15.9. The lowest BCUT2D eigenvalue weighted by molar-refractivity contribution is 0.0426. The van der Waals surface area contributed by atoms with Gasteiger partial charge >= 0.3 is 6.03 Å². The number of rotatable bonds is 5. The quantitative estimate of drug-likeness (QED) is 0.786. The molecule has 1 heterocycles. The number of morpholine rings is 1. The Kier molecular flexibility index (Phi) is 5.95. The molecule has 0 N–H and O–H groups in total. The molecule has 0 radical (unpaired) electrons. The monoisotopic (exact) mass is 304 g/mol. The molecule has 1 aromatic carbocycles. The van der Waals surface area contributed by atoms with Crippen LogP contribution in [0.4, 0.5) is 4.79 Å². The van der Waals surface area contributed by atoms with E-state index in [0.717, 1.165) is 18.5 Å². The highest BCUT2D eigenvalue weighted by Crippen LogP contribution is 2.12. The van der Waals surface area contributed by atoms with E-state index in [-0.39, 0.29) is 11.8 Å². The summed E-state index contributed by atoms with van der Waals surface area (Å²) in [5.74, 6) is 0.0568. The maximum Gasteiger partial charge on any atom is 0.320 e. The fraction of sp³-hybridized carbons (Fsp3) is 0.529. The molecule has 2 amide bonds. The molecule has 0 spiro atoms. The van der Waals surface area contributed by atoms with Crippen LogP contribution in [0.25, 0.3) is 0 Å². The highest BCUT2D eigenvalue weighted by Gasteiger charge is 2.22. The Labute approximate surface area is 131 Å². The van der Waals surface area contributed by atoms with Crippen molar-refractivity contribution >= 4 is 11.8 Å². The molecule has 1 aliphatic rings. The number of benzene rings is 1. The van der Waals surface area contributed by atoms with Crippen molar-refractivity contribution in [3.8, 4) is 0 Å². The van der Waals surface area contributed by atoms with E-state index in [2.05, 4.69) is 6.92 Å². The van der Waals surface area contributed by atoms with Gasteiger partial charge in [-0.15, -0.1) is 0 Å². The van der Waals surface area contributed by atoms with E-state index in [1.165, 1.54) is 0 Å². The highest BCUT2D eigenvalue weighted by molar-refractivity contribution is 5.94. The second-order valence-electron chi connectivity index (χ2n) is 5.56. The molecule has 5 heteroatoms. The lowest BCUT2D eigenvalue weighted by Crippen LogP contribution is -2.48. The molecule has 0 saturated carbocycles. The molecule has 2 rings (SSSR count). The third-order valence-electron chi connectivity index (χ3n) is 3.78. The van der Waals surface area contributed by atoms with Crippen LogP contribution < -0.4 is 0 Å². The Morgan fingerprint density at radius 1 is 1.18 bits per heavy atom. The van der Waals surface area contributed by atoms with E-state index in [0.29, 0.717) is 38.4 Å². The summed E-state index contributed by atoms with van der Waals surface area (Å²) >= 11 is 0. The van der Waals surface area contributed by atoms with Crippen LogP contribution in [0.15, 0.2) is 24.3 Å². The third kappa shape index (κ3) is 4.31. The minimum absolute atomic E-state index is 0.0568. The number of nitrogens with zero attached hydrogens (tertiary/aromatic N) is 2. The van der Waals surface area contributed by atoms with Crippen molar-refractivity contribution in [2.75, 3.05) is 32.8 Å². The number of amides is 2. The molecular formula is C17H24N2O3. The topological polar surface area (TPSA) is 49.9 Å². The van der Waals surface area contributed by atoms with Crippen molar-refractivity contribution in [3.63, 3.8) is 0 Å². The highest BCUT2D eigenvalue weighted by atomic mass is 16.5. The minimum Gasteiger partial charge on any atom is -0.378 e. The number of carbonyl (C=O) groups is 2. The summed E-state index contributed by atoms with van der Waals surface area (Å²) in [5, 5.41) is 0. The van der Waals surface area contributed by atoms with Crippen LogP contribution >= 0.6 is 0 Å². The van der Waals surface area contributed by atoms with Gasteiger partial charge in [-0.25, -0.2) is 4.79 Å². The van der Waals surface area contributed by atoms with Gasteiger partial charge in [0.2, 0.25) is 0 Å². The fourth-order valence-corrected chi connectivity index (χ4v) is 2.53. The van der Waals surface area contributed by atoms with E-state index in [9.17, 15) is 9.59 Å². The van der Waals surface area contributed by atoms with E-state index in [4.69, 9.17) is 4.74 Å². The second-order valence-corrected chi connectivity index (χ2v) is 5.56. The number of ketones is 1. The minimum atomic E-state index is 0.0568.